The first kappa shape index (κ1) is 22.7. The molecule has 0 aliphatic heterocycles. The van der Waals surface area contributed by atoms with E-state index >= 15 is 0 Å². The number of halogens is 5. The molecule has 13 heteroatoms. The van der Waals surface area contributed by atoms with E-state index in [0.717, 1.165) is 16.2 Å². The first-order chi connectivity index (χ1) is 15.1. The number of amides is 1. The summed E-state index contributed by atoms with van der Waals surface area (Å²) in [5.41, 5.74) is -0.654. The van der Waals surface area contributed by atoms with Crippen LogP contribution in [-0.2, 0) is 12.7 Å². The molecule has 4 aromatic heterocycles. The maximum atomic E-state index is 13.7. The lowest BCUT2D eigenvalue weighted by Gasteiger charge is -2.10. The van der Waals surface area contributed by atoms with Gasteiger partial charge in [-0.1, -0.05) is 17.7 Å². The van der Waals surface area contributed by atoms with Crippen molar-refractivity contribution in [1.82, 2.24) is 29.7 Å². The van der Waals surface area contributed by atoms with Gasteiger partial charge in [0.1, 0.15) is 5.02 Å². The lowest BCUT2D eigenvalue weighted by molar-refractivity contribution is -0.142. The lowest BCUT2D eigenvalue weighted by atomic mass is 10.2. The van der Waals surface area contributed by atoms with Gasteiger partial charge in [0.15, 0.2) is 17.0 Å². The van der Waals surface area contributed by atoms with Crippen LogP contribution in [0.4, 0.5) is 13.2 Å². The highest BCUT2D eigenvalue weighted by Gasteiger charge is 2.36. The van der Waals surface area contributed by atoms with E-state index in [1.165, 1.54) is 11.3 Å². The highest BCUT2D eigenvalue weighted by molar-refractivity contribution is 9.10. The molecule has 168 valence electrons. The zero-order chi connectivity index (χ0) is 23.0. The number of hydrogen-bond donors (Lipinski definition) is 1. The second kappa shape index (κ2) is 8.83. The fraction of sp³-hybridized carbons (Fsp3) is 0.263. The van der Waals surface area contributed by atoms with Crippen molar-refractivity contribution in [3.63, 3.8) is 0 Å². The molecule has 1 N–H and O–H groups in total. The van der Waals surface area contributed by atoms with Crippen LogP contribution in [0.3, 0.4) is 0 Å². The molecule has 7 nitrogen and oxygen atoms in total. The largest absolute Gasteiger partial charge is 0.433 e. The van der Waals surface area contributed by atoms with E-state index in [0.29, 0.717) is 22.4 Å². The van der Waals surface area contributed by atoms with Gasteiger partial charge in [-0.05, 0) is 46.8 Å². The van der Waals surface area contributed by atoms with Crippen LogP contribution in [0.5, 0.6) is 0 Å². The fourth-order valence-corrected chi connectivity index (χ4v) is 4.27. The SMILES string of the molecule is Cc1nn(CCCNC(=O)c2nn3c(C(F)(F)F)cc(-c4cccs4)nc3c2Cl)cc1Br. The Morgan fingerprint density at radius 1 is 1.34 bits per heavy atom. The van der Waals surface area contributed by atoms with Crippen molar-refractivity contribution in [2.24, 2.45) is 0 Å². The van der Waals surface area contributed by atoms with E-state index in [-0.39, 0.29) is 28.6 Å². The smallest absolute Gasteiger partial charge is 0.351 e. The summed E-state index contributed by atoms with van der Waals surface area (Å²) < 4.78 is 44.2. The predicted octanol–water partition coefficient (Wildman–Crippen LogP) is 5.22. The van der Waals surface area contributed by atoms with Crippen molar-refractivity contribution in [1.29, 1.82) is 0 Å². The molecule has 32 heavy (non-hydrogen) atoms. The zero-order valence-corrected chi connectivity index (χ0v) is 19.6. The number of carbonyl (C=O) groups excluding carboxylic acids is 1. The summed E-state index contributed by atoms with van der Waals surface area (Å²) in [5.74, 6) is -0.677. The number of fused-ring (bicyclic) bond motifs is 1. The number of nitrogens with one attached hydrogen (secondary N) is 1. The third-order valence-electron chi connectivity index (χ3n) is 4.55. The Balaban J connectivity index is 1.57. The number of thiophene rings is 1. The summed E-state index contributed by atoms with van der Waals surface area (Å²) in [7, 11) is 0. The molecule has 0 radical (unpaired) electrons. The van der Waals surface area contributed by atoms with Gasteiger partial charge in [-0.15, -0.1) is 11.3 Å². The van der Waals surface area contributed by atoms with Crippen molar-refractivity contribution in [3.05, 3.63) is 56.4 Å². The second-order valence-corrected chi connectivity index (χ2v) is 9.01. The molecule has 4 heterocycles. The zero-order valence-electron chi connectivity index (χ0n) is 16.5. The molecule has 0 spiro atoms. The van der Waals surface area contributed by atoms with Crippen LogP contribution in [0.25, 0.3) is 16.2 Å². The molecular weight excluding hydrogens is 533 g/mol. The highest BCUT2D eigenvalue weighted by Crippen LogP contribution is 2.35. The van der Waals surface area contributed by atoms with Crippen LogP contribution in [0.1, 0.15) is 28.3 Å². The Morgan fingerprint density at radius 3 is 2.75 bits per heavy atom. The summed E-state index contributed by atoms with van der Waals surface area (Å²) in [6.07, 6.45) is -2.34. The molecule has 0 aliphatic carbocycles. The molecule has 0 unspecified atom stereocenters. The topological polar surface area (TPSA) is 77.1 Å². The standard InChI is InChI=1S/C19H15BrClF3N6OS/c1-10-11(20)9-29(27-10)6-3-5-25-18(31)16-15(21)17-26-12(13-4-2-7-32-13)8-14(19(22,23)24)30(17)28-16/h2,4,7-9H,3,5-6H2,1H3,(H,25,31). The Bertz CT molecular complexity index is 1270. The van der Waals surface area contributed by atoms with Crippen LogP contribution in [0.15, 0.2) is 34.2 Å². The molecular formula is C19H15BrClF3N6OS. The lowest BCUT2D eigenvalue weighted by Crippen LogP contribution is -2.26. The first-order valence-corrected chi connectivity index (χ1v) is 11.4. The van der Waals surface area contributed by atoms with Crippen LogP contribution >= 0.6 is 38.9 Å². The monoisotopic (exact) mass is 546 g/mol. The quantitative estimate of drug-likeness (QED) is 0.336. The minimum Gasteiger partial charge on any atom is -0.351 e. The third kappa shape index (κ3) is 4.52. The van der Waals surface area contributed by atoms with Gasteiger partial charge < -0.3 is 5.32 Å². The van der Waals surface area contributed by atoms with Gasteiger partial charge in [-0.25, -0.2) is 9.50 Å². The summed E-state index contributed by atoms with van der Waals surface area (Å²) in [5, 5.41) is 12.2. The molecule has 4 rings (SSSR count). The van der Waals surface area contributed by atoms with Crippen molar-refractivity contribution in [2.45, 2.75) is 26.1 Å². The third-order valence-corrected chi connectivity index (χ3v) is 6.57. The van der Waals surface area contributed by atoms with Crippen molar-refractivity contribution < 1.29 is 18.0 Å². The van der Waals surface area contributed by atoms with Crippen molar-refractivity contribution in [3.8, 4) is 10.6 Å². The summed E-state index contributed by atoms with van der Waals surface area (Å²) >= 11 is 10.9. The molecule has 4 aromatic rings. The second-order valence-electron chi connectivity index (χ2n) is 6.83. The molecule has 0 bridgehead atoms. The highest BCUT2D eigenvalue weighted by atomic mass is 79.9. The van der Waals surface area contributed by atoms with Crippen LogP contribution in [0.2, 0.25) is 5.02 Å². The van der Waals surface area contributed by atoms with E-state index in [1.54, 1.807) is 22.2 Å². The fourth-order valence-electron chi connectivity index (χ4n) is 3.02. The maximum Gasteiger partial charge on any atom is 0.433 e. The molecule has 0 aliphatic rings. The maximum absolute atomic E-state index is 13.7. The molecule has 0 aromatic carbocycles. The van der Waals surface area contributed by atoms with E-state index in [9.17, 15) is 18.0 Å². The minimum atomic E-state index is -4.72. The average molecular weight is 548 g/mol. The summed E-state index contributed by atoms with van der Waals surface area (Å²) in [6, 6.07) is 4.26. The van der Waals surface area contributed by atoms with E-state index in [2.05, 4.69) is 36.4 Å². The van der Waals surface area contributed by atoms with Crippen LogP contribution < -0.4 is 5.32 Å². The molecule has 0 saturated heterocycles. The molecule has 0 atom stereocenters. The van der Waals surface area contributed by atoms with Gasteiger partial charge in [0.05, 0.1) is 20.7 Å². The summed E-state index contributed by atoms with van der Waals surface area (Å²) in [4.78, 5) is 17.3. The normalized spacial score (nSPS) is 11.9. The van der Waals surface area contributed by atoms with Gasteiger partial charge in [0.25, 0.3) is 5.91 Å². The molecule has 0 fully saturated rings. The first-order valence-electron chi connectivity index (χ1n) is 9.33. The van der Waals surface area contributed by atoms with Crippen LogP contribution in [0, 0.1) is 6.92 Å². The minimum absolute atomic E-state index is 0.106. The molecule has 1 amide bonds. The average Bonchev–Trinajstić information content (AvgIpc) is 3.45. The van der Waals surface area contributed by atoms with Gasteiger partial charge in [0, 0.05) is 19.3 Å². The number of carbonyl (C=O) groups is 1. The van der Waals surface area contributed by atoms with Gasteiger partial charge in [0.2, 0.25) is 0 Å². The number of aryl methyl sites for hydroxylation is 2. The Morgan fingerprint density at radius 2 is 2.12 bits per heavy atom. The van der Waals surface area contributed by atoms with E-state index in [4.69, 9.17) is 11.6 Å². The number of alkyl halides is 3. The number of aromatic nitrogens is 5. The van der Waals surface area contributed by atoms with Gasteiger partial charge in [-0.3, -0.25) is 9.48 Å². The van der Waals surface area contributed by atoms with E-state index in [1.807, 2.05) is 13.1 Å². The molecule has 0 saturated carbocycles. The van der Waals surface area contributed by atoms with Gasteiger partial charge in [-0.2, -0.15) is 23.4 Å². The van der Waals surface area contributed by atoms with Gasteiger partial charge >= 0.3 is 6.18 Å². The Kier molecular flexibility index (Phi) is 6.28. The van der Waals surface area contributed by atoms with E-state index < -0.39 is 17.8 Å². The Labute approximate surface area is 197 Å². The van der Waals surface area contributed by atoms with Crippen molar-refractivity contribution in [2.75, 3.05) is 6.54 Å². The van der Waals surface area contributed by atoms with Crippen molar-refractivity contribution >= 4 is 50.4 Å². The summed E-state index contributed by atoms with van der Waals surface area (Å²) in [6.45, 7) is 2.68. The predicted molar refractivity (Wildman–Crippen MR) is 118 cm³/mol. The van der Waals surface area contributed by atoms with Crippen LogP contribution in [-0.4, -0.2) is 36.8 Å². The number of nitrogens with zero attached hydrogens (tertiary/aromatic N) is 5. The number of hydrogen-bond acceptors (Lipinski definition) is 5. The number of rotatable bonds is 6. The Hall–Kier alpha value is -2.44.